The Balaban J connectivity index is -0.000000122. The molecule has 0 aliphatic rings. The molecule has 0 saturated heterocycles. The molecule has 16 nitrogen and oxygen atoms in total. The Morgan fingerprint density at radius 2 is 0.459 bits per heavy atom. The predicted octanol–water partition coefficient (Wildman–Crippen LogP) is -6.86. The average Bonchev–Trinajstić information content (AvgIpc) is 2.67. The maximum absolute atomic E-state index is 10.1. The van der Waals surface area contributed by atoms with Crippen LogP contribution in [0.3, 0.4) is 0 Å². The SMILES string of the molecule is CC(=O)CC(=O)C(=O)[O-].CC(=O)CC(=O)C(=O)[O-].CC(=O)CC(=O)C(=O)[O-].CC(=O)CC(=O)C(=O)[O-].[Ti+4]. The summed E-state index contributed by atoms with van der Waals surface area (Å²) in [5.41, 5.74) is 0. The third-order valence-corrected chi connectivity index (χ3v) is 2.55. The molecule has 0 saturated carbocycles. The number of ketones is 8. The number of carbonyl (C=O) groups excluding carboxylic acids is 12. The Hall–Kier alpha value is -4.05. The van der Waals surface area contributed by atoms with Gasteiger partial charge in [0.2, 0.25) is 0 Å². The number of carbonyl (C=O) groups is 12. The van der Waals surface area contributed by atoms with Gasteiger partial charge in [0.15, 0.2) is 23.1 Å². The summed E-state index contributed by atoms with van der Waals surface area (Å²) in [5, 5.41) is 38.5. The van der Waals surface area contributed by atoms with Crippen LogP contribution >= 0.6 is 0 Å². The van der Waals surface area contributed by atoms with Gasteiger partial charge in [-0.25, -0.2) is 0 Å². The number of rotatable bonds is 12. The van der Waals surface area contributed by atoms with Gasteiger partial charge in [0.25, 0.3) is 0 Å². The zero-order valence-corrected chi connectivity index (χ0v) is 21.4. The van der Waals surface area contributed by atoms with Crippen molar-refractivity contribution in [3.63, 3.8) is 0 Å². The molecule has 0 aromatic rings. The van der Waals surface area contributed by atoms with Gasteiger partial charge in [0.1, 0.15) is 47.0 Å². The van der Waals surface area contributed by atoms with E-state index >= 15 is 0 Å². The van der Waals surface area contributed by atoms with Crippen LogP contribution in [0.4, 0.5) is 0 Å². The Bertz CT molecular complexity index is 792. The molecule has 17 heteroatoms. The molecule has 0 aromatic carbocycles. The van der Waals surface area contributed by atoms with Crippen molar-refractivity contribution in [3.05, 3.63) is 0 Å². The van der Waals surface area contributed by atoms with Crippen LogP contribution in [0.2, 0.25) is 0 Å². The number of carboxylic acid groups (broad SMARTS) is 4. The van der Waals surface area contributed by atoms with Crippen LogP contribution in [0.5, 0.6) is 0 Å². The Morgan fingerprint density at radius 3 is 0.486 bits per heavy atom. The van der Waals surface area contributed by atoms with E-state index in [1.807, 2.05) is 0 Å². The van der Waals surface area contributed by atoms with E-state index in [1.54, 1.807) is 0 Å². The molecular weight excluding hydrogens is 544 g/mol. The predicted molar refractivity (Wildman–Crippen MR) is 101 cm³/mol. The Labute approximate surface area is 223 Å². The third kappa shape index (κ3) is 36.7. The summed E-state index contributed by atoms with van der Waals surface area (Å²) < 4.78 is 0. The molecule has 0 amide bonds. The van der Waals surface area contributed by atoms with Crippen molar-refractivity contribution in [2.75, 3.05) is 0 Å². The zero-order valence-electron chi connectivity index (χ0n) is 19.9. The van der Waals surface area contributed by atoms with E-state index < -0.39 is 95.8 Å². The maximum Gasteiger partial charge on any atom is 4.00 e. The molecule has 0 aliphatic carbocycles. The van der Waals surface area contributed by atoms with E-state index in [0.29, 0.717) is 0 Å². The standard InChI is InChI=1S/4C5H6O4.Ti/c4*1-3(6)2-4(7)5(8)9;/h4*2H2,1H3,(H,8,9);/q;;;;+4/p-4. The van der Waals surface area contributed by atoms with Crippen molar-refractivity contribution in [2.24, 2.45) is 0 Å². The second kappa shape index (κ2) is 23.7. The molecule has 0 heterocycles. The van der Waals surface area contributed by atoms with Crippen LogP contribution in [0, 0.1) is 0 Å². The summed E-state index contributed by atoms with van der Waals surface area (Å²) in [4.78, 5) is 119. The van der Waals surface area contributed by atoms with Crippen LogP contribution in [0.15, 0.2) is 0 Å². The van der Waals surface area contributed by atoms with Gasteiger partial charge in [-0.2, -0.15) is 0 Å². The third-order valence-electron chi connectivity index (χ3n) is 2.55. The van der Waals surface area contributed by atoms with Crippen molar-refractivity contribution in [3.8, 4) is 0 Å². The molecule has 0 spiro atoms. The minimum Gasteiger partial charge on any atom is -0.542 e. The van der Waals surface area contributed by atoms with E-state index in [9.17, 15) is 78.0 Å². The van der Waals surface area contributed by atoms with Crippen molar-refractivity contribution in [2.45, 2.75) is 53.4 Å². The van der Waals surface area contributed by atoms with E-state index in [4.69, 9.17) is 0 Å². The van der Waals surface area contributed by atoms with Crippen LogP contribution < -0.4 is 20.4 Å². The van der Waals surface area contributed by atoms with E-state index in [0.717, 1.165) is 27.7 Å². The first-order valence-electron chi connectivity index (χ1n) is 9.09. The normalized spacial score (nSPS) is 8.32. The summed E-state index contributed by atoms with van der Waals surface area (Å²) in [6.07, 6.45) is -2.27. The second-order valence-electron chi connectivity index (χ2n) is 6.36. The summed E-state index contributed by atoms with van der Waals surface area (Å²) in [6.45, 7) is 4.56. The van der Waals surface area contributed by atoms with Crippen LogP contribution in [-0.4, -0.2) is 70.1 Å². The van der Waals surface area contributed by atoms with Gasteiger partial charge in [-0.05, 0) is 27.7 Å². The molecule has 0 bridgehead atoms. The fourth-order valence-electron chi connectivity index (χ4n) is 1.19. The molecule has 0 atom stereocenters. The summed E-state index contributed by atoms with van der Waals surface area (Å²) in [6, 6.07) is 0. The first-order chi connectivity index (χ1) is 16.1. The molecule has 0 aliphatic heterocycles. The largest absolute Gasteiger partial charge is 4.00 e. The van der Waals surface area contributed by atoms with E-state index in [2.05, 4.69) is 0 Å². The number of Topliss-reactive ketones (excluding diaryl/α,β-unsaturated/α-hetero) is 8. The first kappa shape index (κ1) is 43.1. The van der Waals surface area contributed by atoms with Crippen LogP contribution in [0.25, 0.3) is 0 Å². The average molecular weight is 564 g/mol. The fourth-order valence-corrected chi connectivity index (χ4v) is 1.19. The maximum atomic E-state index is 10.1. The summed E-state index contributed by atoms with van der Waals surface area (Å²) >= 11 is 0. The van der Waals surface area contributed by atoms with Crippen LogP contribution in [0.1, 0.15) is 53.4 Å². The van der Waals surface area contributed by atoms with Crippen molar-refractivity contribution in [1.82, 2.24) is 0 Å². The van der Waals surface area contributed by atoms with Gasteiger partial charge in [0, 0.05) is 0 Å². The van der Waals surface area contributed by atoms with Gasteiger partial charge in [0.05, 0.1) is 25.7 Å². The molecule has 37 heavy (non-hydrogen) atoms. The number of aliphatic carboxylic acids is 4. The first-order valence-corrected chi connectivity index (χ1v) is 9.09. The molecule has 200 valence electrons. The quantitative estimate of drug-likeness (QED) is 0.121. The van der Waals surface area contributed by atoms with Crippen molar-refractivity contribution < 1.29 is 99.7 Å². The van der Waals surface area contributed by atoms with Crippen molar-refractivity contribution >= 4 is 70.1 Å². The molecule has 0 fully saturated rings. The molecule has 0 unspecified atom stereocenters. The molecule has 0 radical (unpaired) electrons. The van der Waals surface area contributed by atoms with E-state index in [-0.39, 0.29) is 21.7 Å². The monoisotopic (exact) mass is 564 g/mol. The van der Waals surface area contributed by atoms with Gasteiger partial charge in [-0.3, -0.25) is 38.4 Å². The molecule has 0 aromatic heterocycles. The number of carboxylic acids is 4. The van der Waals surface area contributed by atoms with Crippen LogP contribution in [-0.2, 0) is 79.3 Å². The molecule has 0 rings (SSSR count). The summed E-state index contributed by atoms with van der Waals surface area (Å²) in [5.74, 6) is -13.7. The fraction of sp³-hybridized carbons (Fsp3) is 0.400. The minimum atomic E-state index is -1.80. The second-order valence-corrected chi connectivity index (χ2v) is 6.36. The van der Waals surface area contributed by atoms with Crippen molar-refractivity contribution in [1.29, 1.82) is 0 Å². The van der Waals surface area contributed by atoms with Gasteiger partial charge in [-0.1, -0.05) is 0 Å². The van der Waals surface area contributed by atoms with Gasteiger partial charge in [-0.15, -0.1) is 0 Å². The number of hydrogen-bond donors (Lipinski definition) is 0. The Kier molecular flexibility index (Phi) is 27.6. The minimum absolute atomic E-state index is 0. The smallest absolute Gasteiger partial charge is 0.542 e. The summed E-state index contributed by atoms with van der Waals surface area (Å²) in [7, 11) is 0. The topological polar surface area (TPSA) is 297 Å². The zero-order chi connectivity index (χ0) is 29.8. The molecule has 0 N–H and O–H groups in total. The number of hydrogen-bond acceptors (Lipinski definition) is 16. The van der Waals surface area contributed by atoms with E-state index in [1.165, 1.54) is 0 Å². The molecular formula is C20H20O16Ti. The van der Waals surface area contributed by atoms with Gasteiger partial charge < -0.3 is 39.6 Å². The Morgan fingerprint density at radius 1 is 0.351 bits per heavy atom. The van der Waals surface area contributed by atoms with Gasteiger partial charge >= 0.3 is 21.7 Å².